The maximum absolute atomic E-state index is 12.3. The van der Waals surface area contributed by atoms with Crippen LogP contribution in [-0.4, -0.2) is 49.3 Å². The van der Waals surface area contributed by atoms with Crippen molar-refractivity contribution in [3.05, 3.63) is 45.9 Å². The van der Waals surface area contributed by atoms with Gasteiger partial charge in [0.2, 0.25) is 0 Å². The van der Waals surface area contributed by atoms with E-state index in [-0.39, 0.29) is 6.09 Å². The Labute approximate surface area is 195 Å². The van der Waals surface area contributed by atoms with Crippen LogP contribution in [0, 0.1) is 0 Å². The molecule has 0 unspecified atom stereocenters. The minimum absolute atomic E-state index is 0.227. The topological polar surface area (TPSA) is 76.6 Å². The number of carbonyl (C=O) groups excluding carboxylic acids is 1. The van der Waals surface area contributed by atoms with Gasteiger partial charge in [0.15, 0.2) is 9.84 Å². The number of benzene rings is 1. The molecule has 1 fully saturated rings. The molecule has 0 spiro atoms. The molecule has 1 aliphatic rings. The van der Waals surface area contributed by atoms with Crippen molar-refractivity contribution in [2.75, 3.05) is 19.3 Å². The number of hydrogen-bond acceptors (Lipinski definition) is 6. The largest absolute Gasteiger partial charge is 0.444 e. The Bertz CT molecular complexity index is 1020. The number of carbonyl (C=O) groups is 1. The van der Waals surface area contributed by atoms with E-state index in [4.69, 9.17) is 9.72 Å². The molecule has 1 saturated heterocycles. The van der Waals surface area contributed by atoms with Crippen LogP contribution in [-0.2, 0) is 21.0 Å². The third-order valence-electron chi connectivity index (χ3n) is 5.78. The molecule has 0 bridgehead atoms. The predicted octanol–water partition coefficient (Wildman–Crippen LogP) is 5.40. The van der Waals surface area contributed by atoms with E-state index in [0.29, 0.717) is 29.8 Å². The highest BCUT2D eigenvalue weighted by molar-refractivity contribution is 7.90. The Balaban J connectivity index is 1.49. The summed E-state index contributed by atoms with van der Waals surface area (Å²) in [5, 5.41) is 3.31. The number of rotatable bonds is 6. The zero-order chi connectivity index (χ0) is 23.5. The highest BCUT2D eigenvalue weighted by Crippen LogP contribution is 2.32. The Hall–Kier alpha value is -1.93. The van der Waals surface area contributed by atoms with Gasteiger partial charge in [-0.3, -0.25) is 0 Å². The molecule has 0 aliphatic carbocycles. The van der Waals surface area contributed by atoms with Crippen molar-refractivity contribution in [1.29, 1.82) is 0 Å². The van der Waals surface area contributed by atoms with Gasteiger partial charge in [0.05, 0.1) is 15.6 Å². The summed E-state index contributed by atoms with van der Waals surface area (Å²) in [6.07, 6.45) is 4.67. The summed E-state index contributed by atoms with van der Waals surface area (Å²) < 4.78 is 28.7. The molecule has 6 nitrogen and oxygen atoms in total. The summed E-state index contributed by atoms with van der Waals surface area (Å²) in [6.45, 7) is 9.24. The zero-order valence-corrected chi connectivity index (χ0v) is 21.3. The number of likely N-dealkylation sites (tertiary alicyclic amines) is 1. The van der Waals surface area contributed by atoms with Crippen LogP contribution in [0.15, 0.2) is 34.5 Å². The molecule has 1 amide bonds. The number of aryl methyl sites for hydroxylation is 1. The molecule has 1 aromatic carbocycles. The summed E-state index contributed by atoms with van der Waals surface area (Å²) >= 11 is 1.72. The number of nitrogens with zero attached hydrogens (tertiary/aromatic N) is 2. The number of piperidine rings is 1. The van der Waals surface area contributed by atoms with E-state index in [1.807, 2.05) is 32.9 Å². The van der Waals surface area contributed by atoms with Crippen LogP contribution in [0.5, 0.6) is 0 Å². The number of aromatic nitrogens is 1. The van der Waals surface area contributed by atoms with Crippen LogP contribution in [0.1, 0.15) is 75.1 Å². The highest BCUT2D eigenvalue weighted by Gasteiger charge is 2.28. The van der Waals surface area contributed by atoms with E-state index in [9.17, 15) is 13.2 Å². The van der Waals surface area contributed by atoms with Crippen LogP contribution >= 0.6 is 11.3 Å². The van der Waals surface area contributed by atoms with Gasteiger partial charge in [-0.15, -0.1) is 11.3 Å². The normalized spacial score (nSPS) is 16.7. The lowest BCUT2D eigenvalue weighted by Crippen LogP contribution is -2.41. The maximum atomic E-state index is 12.3. The summed E-state index contributed by atoms with van der Waals surface area (Å²) in [7, 11) is -3.16. The van der Waals surface area contributed by atoms with E-state index in [1.165, 1.54) is 6.26 Å². The third kappa shape index (κ3) is 6.78. The fourth-order valence-corrected chi connectivity index (χ4v) is 5.49. The first-order valence-corrected chi connectivity index (χ1v) is 13.9. The SMILES string of the molecule is C[C@H](CCc1csc(C2CCN(C(=O)OC(C)(C)C)CC2)n1)c1ccc(S(C)(=O)=O)cc1. The van der Waals surface area contributed by atoms with Gasteiger partial charge in [0.1, 0.15) is 5.60 Å². The molecule has 2 heterocycles. The number of hydrogen-bond donors (Lipinski definition) is 0. The van der Waals surface area contributed by atoms with E-state index in [2.05, 4.69) is 12.3 Å². The third-order valence-corrected chi connectivity index (χ3v) is 7.96. The standard InChI is InChI=1S/C24H34N2O4S2/c1-17(18-7-10-21(11-8-18)32(5,28)29)6-9-20-16-31-22(25-20)19-12-14-26(15-13-19)23(27)30-24(2,3)4/h7-8,10-11,16-17,19H,6,9,12-15H2,1-5H3/t17-/m1/s1. The van der Waals surface area contributed by atoms with Crippen molar-refractivity contribution in [3.63, 3.8) is 0 Å². The van der Waals surface area contributed by atoms with E-state index >= 15 is 0 Å². The minimum atomic E-state index is -3.16. The predicted molar refractivity (Wildman–Crippen MR) is 128 cm³/mol. The second-order valence-corrected chi connectivity index (χ2v) is 12.6. The first-order valence-electron chi connectivity index (χ1n) is 11.1. The molecule has 0 radical (unpaired) electrons. The van der Waals surface area contributed by atoms with Gasteiger partial charge in [-0.25, -0.2) is 18.2 Å². The van der Waals surface area contributed by atoms with Crippen molar-refractivity contribution >= 4 is 27.3 Å². The fourth-order valence-electron chi connectivity index (χ4n) is 3.84. The molecule has 32 heavy (non-hydrogen) atoms. The molecule has 2 aromatic rings. The van der Waals surface area contributed by atoms with Crippen LogP contribution < -0.4 is 0 Å². The quantitative estimate of drug-likeness (QED) is 0.556. The van der Waals surface area contributed by atoms with Crippen LogP contribution in [0.2, 0.25) is 0 Å². The summed E-state index contributed by atoms with van der Waals surface area (Å²) in [5.41, 5.74) is 1.78. The smallest absolute Gasteiger partial charge is 0.410 e. The van der Waals surface area contributed by atoms with Gasteiger partial charge in [-0.05, 0) is 70.1 Å². The molecular weight excluding hydrogens is 444 g/mol. The van der Waals surface area contributed by atoms with Crippen molar-refractivity contribution in [1.82, 2.24) is 9.88 Å². The lowest BCUT2D eigenvalue weighted by Gasteiger charge is -2.32. The molecular formula is C24H34N2O4S2. The molecule has 1 aromatic heterocycles. The summed E-state index contributed by atoms with van der Waals surface area (Å²) in [6, 6.07) is 7.19. The number of amides is 1. The van der Waals surface area contributed by atoms with Crippen LogP contribution in [0.4, 0.5) is 4.79 Å². The summed E-state index contributed by atoms with van der Waals surface area (Å²) in [5.74, 6) is 0.722. The fraction of sp³-hybridized carbons (Fsp3) is 0.583. The average molecular weight is 479 g/mol. The molecule has 1 aliphatic heterocycles. The van der Waals surface area contributed by atoms with Gasteiger partial charge in [0, 0.05) is 30.6 Å². The van der Waals surface area contributed by atoms with Crippen LogP contribution in [0.25, 0.3) is 0 Å². The molecule has 0 N–H and O–H groups in total. The highest BCUT2D eigenvalue weighted by atomic mass is 32.2. The molecule has 3 rings (SSSR count). The molecule has 176 valence electrons. The lowest BCUT2D eigenvalue weighted by atomic mass is 9.95. The Kier molecular flexibility index (Phi) is 7.65. The molecule has 8 heteroatoms. The second kappa shape index (κ2) is 9.91. The molecule has 0 saturated carbocycles. The minimum Gasteiger partial charge on any atom is -0.444 e. The van der Waals surface area contributed by atoms with Crippen molar-refractivity contribution in [2.24, 2.45) is 0 Å². The van der Waals surface area contributed by atoms with Gasteiger partial charge in [-0.2, -0.15) is 0 Å². The molecule has 1 atom stereocenters. The Morgan fingerprint density at radius 2 is 1.84 bits per heavy atom. The lowest BCUT2D eigenvalue weighted by molar-refractivity contribution is 0.0204. The van der Waals surface area contributed by atoms with Gasteiger partial charge in [-0.1, -0.05) is 19.1 Å². The first-order chi connectivity index (χ1) is 14.9. The van der Waals surface area contributed by atoms with Gasteiger partial charge < -0.3 is 9.64 Å². The zero-order valence-electron chi connectivity index (χ0n) is 19.6. The van der Waals surface area contributed by atoms with Crippen molar-refractivity contribution < 1.29 is 17.9 Å². The monoisotopic (exact) mass is 478 g/mol. The Morgan fingerprint density at radius 1 is 1.22 bits per heavy atom. The van der Waals surface area contributed by atoms with Crippen molar-refractivity contribution in [2.45, 2.75) is 75.7 Å². The van der Waals surface area contributed by atoms with Gasteiger partial charge in [0.25, 0.3) is 0 Å². The number of sulfone groups is 1. The summed E-state index contributed by atoms with van der Waals surface area (Å²) in [4.78, 5) is 19.3. The van der Waals surface area contributed by atoms with Crippen LogP contribution in [0.3, 0.4) is 0 Å². The van der Waals surface area contributed by atoms with E-state index < -0.39 is 15.4 Å². The average Bonchev–Trinajstić information content (AvgIpc) is 3.19. The second-order valence-electron chi connectivity index (χ2n) is 9.70. The van der Waals surface area contributed by atoms with Gasteiger partial charge >= 0.3 is 6.09 Å². The van der Waals surface area contributed by atoms with Crippen molar-refractivity contribution in [3.8, 4) is 0 Å². The Morgan fingerprint density at radius 3 is 2.41 bits per heavy atom. The maximum Gasteiger partial charge on any atom is 0.410 e. The van der Waals surface area contributed by atoms with E-state index in [0.717, 1.165) is 41.9 Å². The van der Waals surface area contributed by atoms with E-state index in [1.54, 1.807) is 28.4 Å². The first kappa shape index (κ1) is 24.7. The number of thiazole rings is 1. The number of ether oxygens (including phenoxy) is 1.